The number of carbonyl (C=O) groups is 1. The molecule has 0 spiro atoms. The zero-order valence-corrected chi connectivity index (χ0v) is 6.06. The van der Waals surface area contributed by atoms with Crippen molar-refractivity contribution in [3.8, 4) is 0 Å². The Bertz CT molecular complexity index is 102. The summed E-state index contributed by atoms with van der Waals surface area (Å²) in [6, 6.07) is 0. The van der Waals surface area contributed by atoms with Crippen molar-refractivity contribution < 1.29 is 9.53 Å². The fraction of sp³-hybridized carbons (Fsp3) is 0.857. The first-order valence-electron chi connectivity index (χ1n) is 3.80. The molecule has 1 N–H and O–H groups in total. The molecule has 1 saturated heterocycles. The third kappa shape index (κ3) is 2.71. The Balaban J connectivity index is 2.21. The second-order valence-electron chi connectivity index (χ2n) is 2.48. The maximum Gasteiger partial charge on any atom is 0.407 e. The van der Waals surface area contributed by atoms with Gasteiger partial charge in [-0.25, -0.2) is 4.79 Å². The van der Waals surface area contributed by atoms with Crippen LogP contribution in [0.1, 0.15) is 25.7 Å². The molecule has 0 atom stereocenters. The summed E-state index contributed by atoms with van der Waals surface area (Å²) < 4.78 is 4.81. The van der Waals surface area contributed by atoms with Crippen molar-refractivity contribution in [1.29, 1.82) is 0 Å². The number of ether oxygens (including phenoxy) is 1. The van der Waals surface area contributed by atoms with E-state index < -0.39 is 0 Å². The summed E-state index contributed by atoms with van der Waals surface area (Å²) >= 11 is 0. The number of nitrogens with one attached hydrogen (secondary N) is 1. The first kappa shape index (κ1) is 7.38. The summed E-state index contributed by atoms with van der Waals surface area (Å²) in [4.78, 5) is 10.7. The lowest BCUT2D eigenvalue weighted by molar-refractivity contribution is 0.146. The van der Waals surface area contributed by atoms with Crippen LogP contribution < -0.4 is 5.32 Å². The van der Waals surface area contributed by atoms with E-state index in [0.29, 0.717) is 6.61 Å². The molecule has 1 fully saturated rings. The molecule has 0 aromatic heterocycles. The fourth-order valence-electron chi connectivity index (χ4n) is 0.987. The monoisotopic (exact) mass is 143 g/mol. The summed E-state index contributed by atoms with van der Waals surface area (Å²) in [6.07, 6.45) is 4.20. The van der Waals surface area contributed by atoms with Gasteiger partial charge >= 0.3 is 6.09 Å². The average molecular weight is 143 g/mol. The van der Waals surface area contributed by atoms with Crippen molar-refractivity contribution in [2.24, 2.45) is 0 Å². The van der Waals surface area contributed by atoms with Crippen LogP contribution in [0.25, 0.3) is 0 Å². The highest BCUT2D eigenvalue weighted by molar-refractivity contribution is 5.66. The van der Waals surface area contributed by atoms with Gasteiger partial charge in [-0.15, -0.1) is 0 Å². The summed E-state index contributed by atoms with van der Waals surface area (Å²) in [5, 5.41) is 2.66. The van der Waals surface area contributed by atoms with Crippen LogP contribution in [0.5, 0.6) is 0 Å². The Morgan fingerprint density at radius 3 is 2.90 bits per heavy atom. The van der Waals surface area contributed by atoms with Crippen molar-refractivity contribution >= 4 is 6.09 Å². The van der Waals surface area contributed by atoms with Crippen LogP contribution >= 0.6 is 0 Å². The number of carbonyl (C=O) groups excluding carboxylic acids is 1. The van der Waals surface area contributed by atoms with Crippen LogP contribution in [-0.4, -0.2) is 19.2 Å². The van der Waals surface area contributed by atoms with Crippen molar-refractivity contribution in [3.05, 3.63) is 0 Å². The molecule has 10 heavy (non-hydrogen) atoms. The average Bonchev–Trinajstić information content (AvgIpc) is 2.02. The van der Waals surface area contributed by atoms with Crippen molar-refractivity contribution in [2.75, 3.05) is 13.2 Å². The predicted octanol–water partition coefficient (Wildman–Crippen LogP) is 1.29. The lowest BCUT2D eigenvalue weighted by atomic mass is 10.2. The number of hydrogen-bond acceptors (Lipinski definition) is 2. The Labute approximate surface area is 60.7 Å². The highest BCUT2D eigenvalue weighted by atomic mass is 16.5. The van der Waals surface area contributed by atoms with Gasteiger partial charge in [0.05, 0.1) is 6.61 Å². The number of hydrogen-bond donors (Lipinski definition) is 1. The molecule has 0 radical (unpaired) electrons. The van der Waals surface area contributed by atoms with Gasteiger partial charge in [-0.3, -0.25) is 0 Å². The molecule has 1 aliphatic rings. The Morgan fingerprint density at radius 1 is 1.20 bits per heavy atom. The zero-order valence-electron chi connectivity index (χ0n) is 6.06. The molecule has 58 valence electrons. The van der Waals surface area contributed by atoms with E-state index in [1.165, 1.54) is 12.8 Å². The Kier molecular flexibility index (Phi) is 3.06. The van der Waals surface area contributed by atoms with E-state index in [1.807, 2.05) is 0 Å². The molecular weight excluding hydrogens is 130 g/mol. The molecule has 3 nitrogen and oxygen atoms in total. The summed E-state index contributed by atoms with van der Waals surface area (Å²) in [7, 11) is 0. The second kappa shape index (κ2) is 4.14. The van der Waals surface area contributed by atoms with Gasteiger partial charge in [-0.2, -0.15) is 0 Å². The van der Waals surface area contributed by atoms with Crippen LogP contribution in [0.4, 0.5) is 4.79 Å². The maximum absolute atomic E-state index is 10.7. The first-order valence-corrected chi connectivity index (χ1v) is 3.80. The van der Waals surface area contributed by atoms with Crippen molar-refractivity contribution in [3.63, 3.8) is 0 Å². The Hall–Kier alpha value is -0.730. The number of alkyl carbamates (subject to hydrolysis) is 1. The minimum Gasteiger partial charge on any atom is -0.450 e. The molecule has 0 saturated carbocycles. The first-order chi connectivity index (χ1) is 4.89. The SMILES string of the molecule is O=C1NCCCCCCO1. The van der Waals surface area contributed by atoms with Gasteiger partial charge < -0.3 is 10.1 Å². The van der Waals surface area contributed by atoms with E-state index in [1.54, 1.807) is 0 Å². The van der Waals surface area contributed by atoms with E-state index in [4.69, 9.17) is 4.74 Å². The van der Waals surface area contributed by atoms with Crippen molar-refractivity contribution in [1.82, 2.24) is 5.32 Å². The summed E-state index contributed by atoms with van der Waals surface area (Å²) in [5.41, 5.74) is 0. The minimum absolute atomic E-state index is 0.262. The quantitative estimate of drug-likeness (QED) is 0.554. The van der Waals surface area contributed by atoms with Crippen LogP contribution in [0.3, 0.4) is 0 Å². The van der Waals surface area contributed by atoms with E-state index in [0.717, 1.165) is 19.4 Å². The van der Waals surface area contributed by atoms with Gasteiger partial charge in [0.25, 0.3) is 0 Å². The van der Waals surface area contributed by atoms with Crippen LogP contribution in [0.15, 0.2) is 0 Å². The predicted molar refractivity (Wildman–Crippen MR) is 37.8 cm³/mol. The third-order valence-corrected chi connectivity index (χ3v) is 1.57. The standard InChI is InChI=1S/C7H13NO2/c9-7-8-5-3-1-2-4-6-10-7/h1-6H2,(H,8,9). The molecule has 1 heterocycles. The van der Waals surface area contributed by atoms with E-state index in [9.17, 15) is 4.79 Å². The smallest absolute Gasteiger partial charge is 0.407 e. The van der Waals surface area contributed by atoms with Crippen LogP contribution in [-0.2, 0) is 4.74 Å². The van der Waals surface area contributed by atoms with Crippen LogP contribution in [0.2, 0.25) is 0 Å². The number of amides is 1. The highest BCUT2D eigenvalue weighted by Crippen LogP contribution is 2.01. The maximum atomic E-state index is 10.7. The molecule has 1 rings (SSSR count). The lowest BCUT2D eigenvalue weighted by Crippen LogP contribution is -2.24. The summed E-state index contributed by atoms with van der Waals surface area (Å²) in [6.45, 7) is 1.34. The molecular formula is C7H13NO2. The largest absolute Gasteiger partial charge is 0.450 e. The zero-order chi connectivity index (χ0) is 7.23. The van der Waals surface area contributed by atoms with Crippen LogP contribution in [0, 0.1) is 0 Å². The topological polar surface area (TPSA) is 38.3 Å². The van der Waals surface area contributed by atoms with Gasteiger partial charge in [0.2, 0.25) is 0 Å². The molecule has 0 aromatic rings. The van der Waals surface area contributed by atoms with E-state index >= 15 is 0 Å². The molecule has 0 aliphatic carbocycles. The van der Waals surface area contributed by atoms with Gasteiger partial charge in [-0.05, 0) is 19.3 Å². The van der Waals surface area contributed by atoms with Gasteiger partial charge in [0.1, 0.15) is 0 Å². The second-order valence-corrected chi connectivity index (χ2v) is 2.48. The molecule has 0 aromatic carbocycles. The minimum atomic E-state index is -0.262. The molecule has 0 bridgehead atoms. The lowest BCUT2D eigenvalue weighted by Gasteiger charge is -2.01. The molecule has 0 unspecified atom stereocenters. The highest BCUT2D eigenvalue weighted by Gasteiger charge is 2.02. The van der Waals surface area contributed by atoms with E-state index in [-0.39, 0.29) is 6.09 Å². The molecule has 1 amide bonds. The van der Waals surface area contributed by atoms with Gasteiger partial charge in [-0.1, -0.05) is 6.42 Å². The third-order valence-electron chi connectivity index (χ3n) is 1.57. The fourth-order valence-corrected chi connectivity index (χ4v) is 0.987. The number of rotatable bonds is 0. The summed E-state index contributed by atoms with van der Waals surface area (Å²) in [5.74, 6) is 0. The number of cyclic esters (lactones) is 1. The normalized spacial score (nSPS) is 21.4. The molecule has 3 heteroatoms. The van der Waals surface area contributed by atoms with Gasteiger partial charge in [0.15, 0.2) is 0 Å². The van der Waals surface area contributed by atoms with Gasteiger partial charge in [0, 0.05) is 6.54 Å². The molecule has 1 aliphatic heterocycles. The van der Waals surface area contributed by atoms with E-state index in [2.05, 4.69) is 5.32 Å². The Morgan fingerprint density at radius 2 is 2.00 bits per heavy atom. The van der Waals surface area contributed by atoms with Crippen molar-refractivity contribution in [2.45, 2.75) is 25.7 Å².